The molecule has 4 nitrogen and oxygen atoms in total. The largest absolute Gasteiger partial charge is 0.369 e. The van der Waals surface area contributed by atoms with Crippen LogP contribution in [0.5, 0.6) is 0 Å². The van der Waals surface area contributed by atoms with E-state index in [4.69, 9.17) is 11.6 Å². The highest BCUT2D eigenvalue weighted by atomic mass is 35.5. The minimum atomic E-state index is 0.141. The van der Waals surface area contributed by atoms with Crippen LogP contribution in [0.25, 0.3) is 0 Å². The van der Waals surface area contributed by atoms with Crippen LogP contribution in [0, 0.1) is 5.92 Å². The summed E-state index contributed by atoms with van der Waals surface area (Å²) in [4.78, 5) is 16.7. The molecule has 0 unspecified atom stereocenters. The fraction of sp³-hybridized carbons (Fsp3) is 0.632. The number of nitrogens with one attached hydrogen (secondary N) is 1. The van der Waals surface area contributed by atoms with Gasteiger partial charge >= 0.3 is 0 Å². The Hall–Kier alpha value is -1.26. The second-order valence-electron chi connectivity index (χ2n) is 7.18. The van der Waals surface area contributed by atoms with E-state index in [1.54, 1.807) is 0 Å². The summed E-state index contributed by atoms with van der Waals surface area (Å²) in [6, 6.07) is 8.22. The van der Waals surface area contributed by atoms with Gasteiger partial charge in [-0.3, -0.25) is 9.69 Å². The molecule has 1 aliphatic rings. The maximum atomic E-state index is 12.2. The summed E-state index contributed by atoms with van der Waals surface area (Å²) >= 11 is 6.07. The van der Waals surface area contributed by atoms with Crippen LogP contribution in [0.1, 0.15) is 33.6 Å². The van der Waals surface area contributed by atoms with Crippen molar-refractivity contribution < 1.29 is 4.79 Å². The number of carbonyl (C=O) groups excluding carboxylic acids is 1. The van der Waals surface area contributed by atoms with Gasteiger partial charge in [0.1, 0.15) is 0 Å². The molecule has 1 heterocycles. The van der Waals surface area contributed by atoms with Crippen molar-refractivity contribution in [3.8, 4) is 0 Å². The number of hydrogen-bond donors (Lipinski definition) is 1. The number of piperazine rings is 1. The monoisotopic (exact) mass is 351 g/mol. The Balaban J connectivity index is 1.71. The Morgan fingerprint density at radius 3 is 2.50 bits per heavy atom. The van der Waals surface area contributed by atoms with Crippen molar-refractivity contribution >= 4 is 23.2 Å². The van der Waals surface area contributed by atoms with Gasteiger partial charge < -0.3 is 10.2 Å². The lowest BCUT2D eigenvalue weighted by atomic mass is 10.0. The minimum Gasteiger partial charge on any atom is -0.369 e. The number of nitrogens with zero attached hydrogens (tertiary/aromatic N) is 2. The Kier molecular flexibility index (Phi) is 7.38. The highest BCUT2D eigenvalue weighted by Crippen LogP contribution is 2.20. The predicted molar refractivity (Wildman–Crippen MR) is 102 cm³/mol. The van der Waals surface area contributed by atoms with Gasteiger partial charge in [0.25, 0.3) is 0 Å². The quantitative estimate of drug-likeness (QED) is 0.817. The maximum absolute atomic E-state index is 12.2. The third kappa shape index (κ3) is 6.33. The highest BCUT2D eigenvalue weighted by Gasteiger charge is 2.20. The zero-order chi connectivity index (χ0) is 17.5. The minimum absolute atomic E-state index is 0.141. The van der Waals surface area contributed by atoms with Crippen molar-refractivity contribution in [1.29, 1.82) is 0 Å². The molecule has 1 aromatic rings. The van der Waals surface area contributed by atoms with Gasteiger partial charge in [-0.2, -0.15) is 0 Å². The van der Waals surface area contributed by atoms with E-state index in [1.807, 2.05) is 18.2 Å². The van der Waals surface area contributed by atoms with Crippen molar-refractivity contribution in [2.45, 2.75) is 39.7 Å². The van der Waals surface area contributed by atoms with E-state index in [1.165, 1.54) is 0 Å². The van der Waals surface area contributed by atoms with Crippen LogP contribution in [0.15, 0.2) is 24.3 Å². The Morgan fingerprint density at radius 1 is 1.17 bits per heavy atom. The van der Waals surface area contributed by atoms with E-state index >= 15 is 0 Å². The molecule has 2 rings (SSSR count). The summed E-state index contributed by atoms with van der Waals surface area (Å²) in [6.07, 6.45) is 2.20. The Morgan fingerprint density at radius 2 is 1.88 bits per heavy atom. The maximum Gasteiger partial charge on any atom is 0.234 e. The van der Waals surface area contributed by atoms with Crippen molar-refractivity contribution in [3.05, 3.63) is 29.3 Å². The van der Waals surface area contributed by atoms with Crippen LogP contribution >= 0.6 is 11.6 Å². The second kappa shape index (κ2) is 9.28. The van der Waals surface area contributed by atoms with Crippen LogP contribution in [-0.4, -0.2) is 49.6 Å². The van der Waals surface area contributed by atoms with Crippen LogP contribution in [0.4, 0.5) is 5.69 Å². The number of benzene rings is 1. The third-order valence-corrected chi connectivity index (χ3v) is 4.73. The lowest BCUT2D eigenvalue weighted by Crippen LogP contribution is -2.50. The Labute approximate surface area is 151 Å². The lowest BCUT2D eigenvalue weighted by molar-refractivity contribution is -0.123. The van der Waals surface area contributed by atoms with Crippen molar-refractivity contribution in [2.24, 2.45) is 5.92 Å². The smallest absolute Gasteiger partial charge is 0.234 e. The summed E-state index contributed by atoms with van der Waals surface area (Å²) < 4.78 is 0. The SMILES string of the molecule is CC(C)CC[C@@H](C)NC(=O)CN1CCN(c2cccc(Cl)c2)CC1. The molecule has 0 aliphatic carbocycles. The lowest BCUT2D eigenvalue weighted by Gasteiger charge is -2.36. The van der Waals surface area contributed by atoms with Crippen LogP contribution in [0.2, 0.25) is 5.02 Å². The van der Waals surface area contributed by atoms with Gasteiger partial charge in [-0.25, -0.2) is 0 Å². The first-order chi connectivity index (χ1) is 11.4. The molecule has 1 saturated heterocycles. The molecule has 0 radical (unpaired) electrons. The standard InChI is InChI=1S/C19H30ClN3O/c1-15(2)7-8-16(3)21-19(24)14-22-9-11-23(12-10-22)18-6-4-5-17(20)13-18/h4-6,13,15-16H,7-12,14H2,1-3H3,(H,21,24)/t16-/m1/s1. The summed E-state index contributed by atoms with van der Waals surface area (Å²) in [5.74, 6) is 0.825. The molecular formula is C19H30ClN3O. The van der Waals surface area contributed by atoms with Crippen molar-refractivity contribution in [3.63, 3.8) is 0 Å². The van der Waals surface area contributed by atoms with Gasteiger partial charge in [0.15, 0.2) is 0 Å². The first kappa shape index (κ1) is 19.1. The van der Waals surface area contributed by atoms with Gasteiger partial charge in [0, 0.05) is 42.9 Å². The number of rotatable bonds is 7. The van der Waals surface area contributed by atoms with Gasteiger partial charge in [-0.05, 0) is 43.9 Å². The van der Waals surface area contributed by atoms with E-state index in [0.717, 1.165) is 49.7 Å². The first-order valence-electron chi connectivity index (χ1n) is 8.96. The highest BCUT2D eigenvalue weighted by molar-refractivity contribution is 6.30. The van der Waals surface area contributed by atoms with Crippen LogP contribution in [-0.2, 0) is 4.79 Å². The number of anilines is 1. The molecule has 1 amide bonds. The molecule has 134 valence electrons. The molecule has 0 saturated carbocycles. The first-order valence-corrected chi connectivity index (χ1v) is 9.34. The second-order valence-corrected chi connectivity index (χ2v) is 7.62. The van der Waals surface area contributed by atoms with Gasteiger partial charge in [-0.1, -0.05) is 31.5 Å². The van der Waals surface area contributed by atoms with Crippen molar-refractivity contribution in [1.82, 2.24) is 10.2 Å². The molecule has 1 aromatic carbocycles. The van der Waals surface area contributed by atoms with Crippen molar-refractivity contribution in [2.75, 3.05) is 37.6 Å². The van der Waals surface area contributed by atoms with E-state index < -0.39 is 0 Å². The summed E-state index contributed by atoms with van der Waals surface area (Å²) in [5.41, 5.74) is 1.16. The van der Waals surface area contributed by atoms with Gasteiger partial charge in [0.05, 0.1) is 6.54 Å². The third-order valence-electron chi connectivity index (χ3n) is 4.50. The molecule has 1 atom stereocenters. The van der Waals surface area contributed by atoms with Crippen LogP contribution in [0.3, 0.4) is 0 Å². The summed E-state index contributed by atoms with van der Waals surface area (Å²) in [7, 11) is 0. The number of carbonyl (C=O) groups is 1. The average Bonchev–Trinajstić information content (AvgIpc) is 2.53. The number of halogens is 1. The zero-order valence-corrected chi connectivity index (χ0v) is 15.9. The topological polar surface area (TPSA) is 35.6 Å². The predicted octanol–water partition coefficient (Wildman–Crippen LogP) is 3.40. The van der Waals surface area contributed by atoms with Gasteiger partial charge in [0.2, 0.25) is 5.91 Å². The normalized spacial score (nSPS) is 17.1. The molecule has 1 fully saturated rings. The van der Waals surface area contributed by atoms with E-state index in [-0.39, 0.29) is 11.9 Å². The average molecular weight is 352 g/mol. The number of amides is 1. The van der Waals surface area contributed by atoms with E-state index in [9.17, 15) is 4.79 Å². The van der Waals surface area contributed by atoms with Crippen LogP contribution < -0.4 is 10.2 Å². The fourth-order valence-corrected chi connectivity index (χ4v) is 3.20. The fourth-order valence-electron chi connectivity index (χ4n) is 3.02. The molecule has 1 aliphatic heterocycles. The molecular weight excluding hydrogens is 322 g/mol. The molecule has 0 spiro atoms. The van der Waals surface area contributed by atoms with Gasteiger partial charge in [-0.15, -0.1) is 0 Å². The molecule has 0 bridgehead atoms. The molecule has 0 aromatic heterocycles. The molecule has 1 N–H and O–H groups in total. The Bertz CT molecular complexity index is 527. The summed E-state index contributed by atoms with van der Waals surface area (Å²) in [6.45, 7) is 10.7. The molecule has 5 heteroatoms. The molecule has 24 heavy (non-hydrogen) atoms. The summed E-state index contributed by atoms with van der Waals surface area (Å²) in [5, 5.41) is 3.89. The van der Waals surface area contributed by atoms with E-state index in [2.05, 4.69) is 42.0 Å². The number of hydrogen-bond acceptors (Lipinski definition) is 3. The zero-order valence-electron chi connectivity index (χ0n) is 15.1. The van der Waals surface area contributed by atoms with E-state index in [0.29, 0.717) is 12.5 Å².